The zero-order valence-corrected chi connectivity index (χ0v) is 12.6. The first-order valence-electron chi connectivity index (χ1n) is 7.07. The quantitative estimate of drug-likeness (QED) is 0.576. The highest BCUT2D eigenvalue weighted by Gasteiger charge is 2.29. The van der Waals surface area contributed by atoms with Crippen LogP contribution < -0.4 is 5.73 Å². The van der Waals surface area contributed by atoms with Crippen LogP contribution in [-0.2, 0) is 14.3 Å². The van der Waals surface area contributed by atoms with Crippen LogP contribution in [-0.4, -0.2) is 29.7 Å². The average molecular weight is 283 g/mol. The predicted octanol–water partition coefficient (Wildman–Crippen LogP) is 2.25. The molecule has 3 N–H and O–H groups in total. The molecule has 0 aromatic heterocycles. The number of allylic oxidation sites excluding steroid dienone is 1. The Morgan fingerprint density at radius 3 is 2.65 bits per heavy atom. The number of carbonyl (C=O) groups is 2. The van der Waals surface area contributed by atoms with Crippen LogP contribution in [0.15, 0.2) is 11.1 Å². The van der Waals surface area contributed by atoms with Crippen LogP contribution in [0.5, 0.6) is 0 Å². The van der Waals surface area contributed by atoms with Gasteiger partial charge >= 0.3 is 11.9 Å². The zero-order chi connectivity index (χ0) is 15.3. The molecule has 0 fully saturated rings. The summed E-state index contributed by atoms with van der Waals surface area (Å²) in [5.74, 6) is -1.48. The topological polar surface area (TPSA) is 89.6 Å². The maximum absolute atomic E-state index is 11.8. The van der Waals surface area contributed by atoms with Crippen molar-refractivity contribution in [3.63, 3.8) is 0 Å². The molecule has 1 aliphatic carbocycles. The zero-order valence-electron chi connectivity index (χ0n) is 12.6. The van der Waals surface area contributed by atoms with E-state index in [1.165, 1.54) is 11.1 Å². The van der Waals surface area contributed by atoms with Crippen LogP contribution in [0.1, 0.15) is 52.9 Å². The van der Waals surface area contributed by atoms with Crippen molar-refractivity contribution in [3.05, 3.63) is 11.1 Å². The number of rotatable bonds is 6. The Balaban J connectivity index is 2.53. The van der Waals surface area contributed by atoms with E-state index in [9.17, 15) is 9.59 Å². The second-order valence-electron chi connectivity index (χ2n) is 6.14. The summed E-state index contributed by atoms with van der Waals surface area (Å²) in [6, 6.07) is -0.862. The van der Waals surface area contributed by atoms with Crippen LogP contribution in [0.25, 0.3) is 0 Å². The first kappa shape index (κ1) is 16.7. The fraction of sp³-hybridized carbons (Fsp3) is 0.733. The summed E-state index contributed by atoms with van der Waals surface area (Å²) < 4.78 is 5.27. The van der Waals surface area contributed by atoms with Crippen molar-refractivity contribution < 1.29 is 19.4 Å². The fourth-order valence-corrected chi connectivity index (χ4v) is 2.64. The molecule has 114 valence electrons. The van der Waals surface area contributed by atoms with E-state index in [1.807, 2.05) is 0 Å². The first-order chi connectivity index (χ1) is 9.24. The third-order valence-corrected chi connectivity index (χ3v) is 4.02. The Hall–Kier alpha value is -1.36. The number of carboxylic acids is 1. The van der Waals surface area contributed by atoms with E-state index in [-0.39, 0.29) is 24.9 Å². The van der Waals surface area contributed by atoms with Crippen molar-refractivity contribution in [2.75, 3.05) is 6.61 Å². The molecule has 5 nitrogen and oxygen atoms in total. The van der Waals surface area contributed by atoms with E-state index in [0.29, 0.717) is 0 Å². The lowest BCUT2D eigenvalue weighted by molar-refractivity contribution is -0.145. The normalized spacial score (nSPS) is 19.6. The number of hydrogen-bond donors (Lipinski definition) is 2. The molecule has 0 aromatic carbocycles. The maximum atomic E-state index is 11.8. The molecule has 0 amide bonds. The molecule has 1 aliphatic rings. The smallest absolute Gasteiger partial charge is 0.323 e. The third kappa shape index (κ3) is 4.63. The number of hydrogen-bond acceptors (Lipinski definition) is 4. The number of carboxylic acid groups (broad SMARTS) is 1. The molecule has 0 radical (unpaired) electrons. The Bertz CT molecular complexity index is 412. The molecule has 0 saturated heterocycles. The van der Waals surface area contributed by atoms with Crippen molar-refractivity contribution in [1.29, 1.82) is 0 Å². The summed E-state index contributed by atoms with van der Waals surface area (Å²) in [6.07, 6.45) is 3.27. The Kier molecular flexibility index (Phi) is 5.74. The van der Waals surface area contributed by atoms with Gasteiger partial charge in [-0.2, -0.15) is 0 Å². The van der Waals surface area contributed by atoms with E-state index in [1.54, 1.807) is 0 Å². The van der Waals surface area contributed by atoms with Crippen molar-refractivity contribution in [3.8, 4) is 0 Å². The van der Waals surface area contributed by atoms with E-state index in [4.69, 9.17) is 15.6 Å². The Morgan fingerprint density at radius 2 is 2.10 bits per heavy atom. The lowest BCUT2D eigenvalue weighted by atomic mass is 9.73. The molecule has 0 aromatic rings. The molecule has 0 spiro atoms. The monoisotopic (exact) mass is 283 g/mol. The van der Waals surface area contributed by atoms with E-state index in [0.717, 1.165) is 19.3 Å². The van der Waals surface area contributed by atoms with Gasteiger partial charge < -0.3 is 15.6 Å². The molecular formula is C15H25NO4. The summed E-state index contributed by atoms with van der Waals surface area (Å²) in [6.45, 7) is 6.65. The van der Waals surface area contributed by atoms with Gasteiger partial charge in [-0.05, 0) is 43.6 Å². The van der Waals surface area contributed by atoms with Gasteiger partial charge in [0.25, 0.3) is 0 Å². The Labute approximate surface area is 120 Å². The average Bonchev–Trinajstić information content (AvgIpc) is 2.34. The van der Waals surface area contributed by atoms with Gasteiger partial charge in [0.1, 0.15) is 12.6 Å². The van der Waals surface area contributed by atoms with Gasteiger partial charge in [-0.1, -0.05) is 19.4 Å². The second-order valence-corrected chi connectivity index (χ2v) is 6.14. The van der Waals surface area contributed by atoms with Crippen molar-refractivity contribution in [2.45, 2.75) is 58.9 Å². The molecule has 1 atom stereocenters. The van der Waals surface area contributed by atoms with Crippen LogP contribution in [0.4, 0.5) is 0 Å². The molecule has 20 heavy (non-hydrogen) atoms. The largest absolute Gasteiger partial charge is 0.481 e. The standard InChI is InChI=1S/C15H25NO4/c1-10-5-4-8-15(2,3)11(10)9-20-14(19)12(16)6-7-13(17)18/h12H,4-9,16H2,1-3H3,(H,17,18)/t12-/m0/s1. The third-order valence-electron chi connectivity index (χ3n) is 4.02. The van der Waals surface area contributed by atoms with E-state index >= 15 is 0 Å². The number of nitrogens with two attached hydrogens (primary N) is 1. The van der Waals surface area contributed by atoms with Crippen molar-refractivity contribution in [2.24, 2.45) is 11.1 Å². The Morgan fingerprint density at radius 1 is 1.45 bits per heavy atom. The van der Waals surface area contributed by atoms with Gasteiger partial charge in [0.05, 0.1) is 0 Å². The second kappa shape index (κ2) is 6.88. The van der Waals surface area contributed by atoms with Gasteiger partial charge in [-0.3, -0.25) is 9.59 Å². The molecule has 1 rings (SSSR count). The number of carbonyl (C=O) groups excluding carboxylic acids is 1. The fourth-order valence-electron chi connectivity index (χ4n) is 2.64. The van der Waals surface area contributed by atoms with Crippen LogP contribution in [0.3, 0.4) is 0 Å². The lowest BCUT2D eigenvalue weighted by Gasteiger charge is -2.34. The van der Waals surface area contributed by atoms with Gasteiger partial charge in [-0.15, -0.1) is 0 Å². The van der Waals surface area contributed by atoms with E-state index in [2.05, 4.69) is 20.8 Å². The summed E-state index contributed by atoms with van der Waals surface area (Å²) in [4.78, 5) is 22.2. The molecular weight excluding hydrogens is 258 g/mol. The van der Waals surface area contributed by atoms with E-state index < -0.39 is 18.0 Å². The molecule has 0 heterocycles. The van der Waals surface area contributed by atoms with Crippen molar-refractivity contribution in [1.82, 2.24) is 0 Å². The van der Waals surface area contributed by atoms with Gasteiger partial charge in [0.15, 0.2) is 0 Å². The summed E-state index contributed by atoms with van der Waals surface area (Å²) in [5, 5.41) is 8.57. The maximum Gasteiger partial charge on any atom is 0.323 e. The van der Waals surface area contributed by atoms with Gasteiger partial charge in [0.2, 0.25) is 0 Å². The summed E-state index contributed by atoms with van der Waals surface area (Å²) in [5.41, 5.74) is 8.13. The lowest BCUT2D eigenvalue weighted by Crippen LogP contribution is -2.34. The van der Waals surface area contributed by atoms with Crippen LogP contribution in [0, 0.1) is 5.41 Å². The molecule has 0 aliphatic heterocycles. The van der Waals surface area contributed by atoms with Crippen molar-refractivity contribution >= 4 is 11.9 Å². The number of aliphatic carboxylic acids is 1. The summed E-state index contributed by atoms with van der Waals surface area (Å²) in [7, 11) is 0. The SMILES string of the molecule is CC1=C(COC(=O)[C@@H](N)CCC(=O)O)C(C)(C)CCC1. The van der Waals surface area contributed by atoms with Gasteiger partial charge in [-0.25, -0.2) is 0 Å². The number of ether oxygens (including phenoxy) is 1. The minimum absolute atomic E-state index is 0.0494. The van der Waals surface area contributed by atoms with Crippen LogP contribution in [0.2, 0.25) is 0 Å². The number of esters is 1. The molecule has 0 saturated carbocycles. The first-order valence-corrected chi connectivity index (χ1v) is 7.07. The van der Waals surface area contributed by atoms with Gasteiger partial charge in [0, 0.05) is 6.42 Å². The minimum Gasteiger partial charge on any atom is -0.481 e. The highest BCUT2D eigenvalue weighted by molar-refractivity contribution is 5.76. The highest BCUT2D eigenvalue weighted by atomic mass is 16.5. The molecule has 0 unspecified atom stereocenters. The highest BCUT2D eigenvalue weighted by Crippen LogP contribution is 2.40. The van der Waals surface area contributed by atoms with Crippen LogP contribution >= 0.6 is 0 Å². The molecule has 0 bridgehead atoms. The summed E-state index contributed by atoms with van der Waals surface area (Å²) >= 11 is 0. The molecule has 5 heteroatoms. The minimum atomic E-state index is -0.958. The predicted molar refractivity (Wildman–Crippen MR) is 76.1 cm³/mol.